The van der Waals surface area contributed by atoms with Gasteiger partial charge in [0.1, 0.15) is 11.4 Å². The Balaban J connectivity index is 3.17. The molecule has 0 aliphatic rings. The van der Waals surface area contributed by atoms with Crippen LogP contribution in [0.25, 0.3) is 0 Å². The summed E-state index contributed by atoms with van der Waals surface area (Å²) in [6.07, 6.45) is 0.425. The minimum atomic E-state index is -1.40. The highest BCUT2D eigenvalue weighted by molar-refractivity contribution is 9.10. The van der Waals surface area contributed by atoms with Gasteiger partial charge in [0.05, 0.1) is 17.5 Å². The molecule has 2 atom stereocenters. The number of carbonyl (C=O) groups excluding carboxylic acids is 1. The van der Waals surface area contributed by atoms with Gasteiger partial charge in [-0.2, -0.15) is 0 Å². The van der Waals surface area contributed by atoms with Crippen LogP contribution in [0.2, 0.25) is 0 Å². The molecule has 18 heavy (non-hydrogen) atoms. The van der Waals surface area contributed by atoms with Crippen molar-refractivity contribution in [2.24, 2.45) is 5.92 Å². The molecule has 100 valence electrons. The lowest BCUT2D eigenvalue weighted by Crippen LogP contribution is -2.37. The molecule has 0 amide bonds. The number of esters is 1. The molecule has 0 spiro atoms. The average molecular weight is 319 g/mol. The zero-order valence-corrected chi connectivity index (χ0v) is 12.1. The summed E-state index contributed by atoms with van der Waals surface area (Å²) in [4.78, 5) is 11.6. The van der Waals surface area contributed by atoms with E-state index >= 15 is 0 Å². The Bertz CT molecular complexity index is 446. The molecular weight excluding hydrogens is 303 g/mol. The first-order chi connectivity index (χ1) is 8.34. The molecule has 0 radical (unpaired) electrons. The number of aliphatic hydroxyl groups is 1. The van der Waals surface area contributed by atoms with Gasteiger partial charge in [-0.05, 0) is 47.0 Å². The lowest BCUT2D eigenvalue weighted by molar-refractivity contribution is -0.155. The number of hydrogen-bond donors (Lipinski definition) is 1. The Morgan fingerprint density at radius 3 is 2.67 bits per heavy atom. The molecule has 0 aliphatic carbocycles. The monoisotopic (exact) mass is 318 g/mol. The molecule has 0 saturated carbocycles. The van der Waals surface area contributed by atoms with Gasteiger partial charge in [-0.1, -0.05) is 13.0 Å². The molecule has 1 aromatic carbocycles. The van der Waals surface area contributed by atoms with Crippen molar-refractivity contribution in [3.8, 4) is 0 Å². The van der Waals surface area contributed by atoms with E-state index in [0.717, 1.165) is 0 Å². The van der Waals surface area contributed by atoms with E-state index in [1.807, 2.05) is 0 Å². The van der Waals surface area contributed by atoms with E-state index in [9.17, 15) is 14.3 Å². The first-order valence-electron chi connectivity index (χ1n) is 5.60. The van der Waals surface area contributed by atoms with Crippen molar-refractivity contribution in [2.75, 3.05) is 7.11 Å². The topological polar surface area (TPSA) is 46.5 Å². The van der Waals surface area contributed by atoms with E-state index < -0.39 is 23.3 Å². The van der Waals surface area contributed by atoms with E-state index in [-0.39, 0.29) is 4.47 Å². The van der Waals surface area contributed by atoms with Gasteiger partial charge in [0, 0.05) is 0 Å². The lowest BCUT2D eigenvalue weighted by atomic mass is 9.81. The molecule has 0 aromatic heterocycles. The van der Waals surface area contributed by atoms with E-state index in [4.69, 9.17) is 0 Å². The molecule has 0 bridgehead atoms. The van der Waals surface area contributed by atoms with Crippen molar-refractivity contribution in [3.63, 3.8) is 0 Å². The molecular formula is C13H16BrFO3. The zero-order valence-electron chi connectivity index (χ0n) is 10.5. The second-order valence-electron chi connectivity index (χ2n) is 4.26. The summed E-state index contributed by atoms with van der Waals surface area (Å²) < 4.78 is 18.1. The van der Waals surface area contributed by atoms with E-state index in [1.165, 1.54) is 32.2 Å². The summed E-state index contributed by atoms with van der Waals surface area (Å²) in [6.45, 7) is 3.31. The maximum atomic E-state index is 13.2. The number of ether oxygens (including phenoxy) is 1. The van der Waals surface area contributed by atoms with Gasteiger partial charge in [0.25, 0.3) is 0 Å². The first kappa shape index (κ1) is 15.1. The zero-order chi connectivity index (χ0) is 13.9. The maximum absolute atomic E-state index is 13.2. The van der Waals surface area contributed by atoms with Crippen molar-refractivity contribution < 1.29 is 19.0 Å². The second-order valence-corrected chi connectivity index (χ2v) is 5.11. The Hall–Kier alpha value is -0.940. The van der Waals surface area contributed by atoms with Crippen LogP contribution in [0.4, 0.5) is 4.39 Å². The maximum Gasteiger partial charge on any atom is 0.311 e. The van der Waals surface area contributed by atoms with Crippen molar-refractivity contribution in [2.45, 2.75) is 25.9 Å². The third-order valence-electron chi connectivity index (χ3n) is 3.08. The van der Waals surface area contributed by atoms with Gasteiger partial charge in [0.2, 0.25) is 0 Å². The highest BCUT2D eigenvalue weighted by Gasteiger charge is 2.38. The number of carbonyl (C=O) groups is 1. The van der Waals surface area contributed by atoms with Crippen LogP contribution in [0.5, 0.6) is 0 Å². The average Bonchev–Trinajstić information content (AvgIpc) is 2.32. The van der Waals surface area contributed by atoms with Crippen LogP contribution in [0.3, 0.4) is 0 Å². The van der Waals surface area contributed by atoms with Crippen LogP contribution >= 0.6 is 15.9 Å². The van der Waals surface area contributed by atoms with Crippen LogP contribution < -0.4 is 0 Å². The van der Waals surface area contributed by atoms with Crippen molar-refractivity contribution in [3.05, 3.63) is 34.1 Å². The van der Waals surface area contributed by atoms with Crippen molar-refractivity contribution in [1.82, 2.24) is 0 Å². The number of rotatable bonds is 4. The Kier molecular flexibility index (Phi) is 4.87. The molecule has 3 nitrogen and oxygen atoms in total. The van der Waals surface area contributed by atoms with E-state index in [0.29, 0.717) is 12.0 Å². The van der Waals surface area contributed by atoms with E-state index in [1.54, 1.807) is 6.92 Å². The molecule has 1 aromatic rings. The summed E-state index contributed by atoms with van der Waals surface area (Å²) in [6, 6.07) is 4.19. The first-order valence-corrected chi connectivity index (χ1v) is 6.39. The van der Waals surface area contributed by atoms with Gasteiger partial charge in [-0.25, -0.2) is 4.39 Å². The fourth-order valence-electron chi connectivity index (χ4n) is 1.95. The second kappa shape index (κ2) is 5.80. The molecule has 0 aliphatic heterocycles. The predicted molar refractivity (Wildman–Crippen MR) is 69.5 cm³/mol. The molecule has 1 rings (SSSR count). The number of hydrogen-bond acceptors (Lipinski definition) is 3. The molecule has 1 N–H and O–H groups in total. The standard InChI is InChI=1S/C13H16BrFO3/c1-4-9(12(16)18-3)13(2,17)8-5-6-11(15)10(14)7-8/h5-7,9,17H,4H2,1-3H3. The van der Waals surface area contributed by atoms with Crippen molar-refractivity contribution >= 4 is 21.9 Å². The van der Waals surface area contributed by atoms with Gasteiger partial charge in [0.15, 0.2) is 0 Å². The minimum Gasteiger partial charge on any atom is -0.469 e. The highest BCUT2D eigenvalue weighted by atomic mass is 79.9. The predicted octanol–water partition coefficient (Wildman–Crippen LogP) is 2.99. The number of benzene rings is 1. The molecule has 5 heteroatoms. The number of methoxy groups -OCH3 is 1. The van der Waals surface area contributed by atoms with Crippen LogP contribution in [0.15, 0.2) is 22.7 Å². The van der Waals surface area contributed by atoms with Gasteiger partial charge < -0.3 is 9.84 Å². The minimum absolute atomic E-state index is 0.250. The van der Waals surface area contributed by atoms with Gasteiger partial charge in [-0.3, -0.25) is 4.79 Å². The molecule has 0 fully saturated rings. The van der Waals surface area contributed by atoms with Crippen LogP contribution in [-0.2, 0) is 15.1 Å². The lowest BCUT2D eigenvalue weighted by Gasteiger charge is -2.31. The largest absolute Gasteiger partial charge is 0.469 e. The summed E-state index contributed by atoms with van der Waals surface area (Å²) in [5, 5.41) is 10.5. The fourth-order valence-corrected chi connectivity index (χ4v) is 2.33. The third kappa shape index (κ3) is 2.90. The normalized spacial score (nSPS) is 15.9. The summed E-state index contributed by atoms with van der Waals surface area (Å²) in [5.74, 6) is -1.59. The quantitative estimate of drug-likeness (QED) is 0.868. The fraction of sp³-hybridized carbons (Fsp3) is 0.462. The third-order valence-corrected chi connectivity index (χ3v) is 3.68. The molecule has 0 saturated heterocycles. The Morgan fingerprint density at radius 2 is 2.22 bits per heavy atom. The summed E-state index contributed by atoms with van der Waals surface area (Å²) in [7, 11) is 1.28. The SMILES string of the molecule is CCC(C(=O)OC)C(C)(O)c1ccc(F)c(Br)c1. The van der Waals surface area contributed by atoms with Crippen LogP contribution in [-0.4, -0.2) is 18.2 Å². The van der Waals surface area contributed by atoms with Crippen molar-refractivity contribution in [1.29, 1.82) is 0 Å². The van der Waals surface area contributed by atoms with Crippen LogP contribution in [0, 0.1) is 11.7 Å². The van der Waals surface area contributed by atoms with Gasteiger partial charge in [-0.15, -0.1) is 0 Å². The molecule has 2 unspecified atom stereocenters. The Labute approximate surface area is 114 Å². The smallest absolute Gasteiger partial charge is 0.311 e. The summed E-state index contributed by atoms with van der Waals surface area (Å²) >= 11 is 3.06. The summed E-state index contributed by atoms with van der Waals surface area (Å²) in [5.41, 5.74) is -0.939. The van der Waals surface area contributed by atoms with Gasteiger partial charge >= 0.3 is 5.97 Å². The van der Waals surface area contributed by atoms with Crippen LogP contribution in [0.1, 0.15) is 25.8 Å². The molecule has 0 heterocycles. The van der Waals surface area contributed by atoms with E-state index in [2.05, 4.69) is 20.7 Å². The number of halogens is 2. The Morgan fingerprint density at radius 1 is 1.61 bits per heavy atom. The highest BCUT2D eigenvalue weighted by Crippen LogP contribution is 2.34.